The van der Waals surface area contributed by atoms with Gasteiger partial charge < -0.3 is 4.74 Å². The van der Waals surface area contributed by atoms with E-state index in [4.69, 9.17) is 16.3 Å². The van der Waals surface area contributed by atoms with Crippen LogP contribution in [0.5, 0.6) is 0 Å². The molecule has 0 fully saturated rings. The number of rotatable bonds is 2. The van der Waals surface area contributed by atoms with Gasteiger partial charge in [-0.25, -0.2) is 13.4 Å². The molecule has 1 aromatic rings. The second kappa shape index (κ2) is 5.07. The lowest BCUT2D eigenvalue weighted by Gasteiger charge is -2.16. The van der Waals surface area contributed by atoms with Gasteiger partial charge in [-0.2, -0.15) is 0 Å². The molecule has 7 heteroatoms. The summed E-state index contributed by atoms with van der Waals surface area (Å²) in [6.07, 6.45) is 1.35. The van der Waals surface area contributed by atoms with Crippen molar-refractivity contribution in [2.45, 2.75) is 16.7 Å². The molecule has 0 spiro atoms. The van der Waals surface area contributed by atoms with Gasteiger partial charge in [0, 0.05) is 5.02 Å². The molecule has 1 aliphatic rings. The molecule has 5 nitrogen and oxygen atoms in total. The molecule has 1 atom stereocenters. The molecule has 0 aliphatic carbocycles. The fraction of sp³-hybridized carbons (Fsp3) is 0.273. The van der Waals surface area contributed by atoms with E-state index in [-0.39, 0.29) is 11.3 Å². The van der Waals surface area contributed by atoms with Crippen LogP contribution >= 0.6 is 11.6 Å². The Bertz CT molecular complexity index is 593. The van der Waals surface area contributed by atoms with Crippen LogP contribution in [0.3, 0.4) is 0 Å². The lowest BCUT2D eigenvalue weighted by molar-refractivity contribution is 0.388. The van der Waals surface area contributed by atoms with Crippen molar-refractivity contribution in [1.29, 1.82) is 0 Å². The number of hydrogen-bond acceptors (Lipinski definition) is 5. The predicted molar refractivity (Wildman–Crippen MR) is 70.0 cm³/mol. The maximum absolute atomic E-state index is 12.3. The quantitative estimate of drug-likeness (QED) is 0.834. The molecular weight excluding hydrogens is 276 g/mol. The van der Waals surface area contributed by atoms with Crippen LogP contribution in [0.4, 0.5) is 0 Å². The second-order valence-electron chi connectivity index (χ2n) is 3.65. The number of aliphatic imine (C=N–C) groups is 2. The first kappa shape index (κ1) is 13.0. The van der Waals surface area contributed by atoms with Gasteiger partial charge in [-0.3, -0.25) is 4.99 Å². The van der Waals surface area contributed by atoms with Gasteiger partial charge in [-0.15, -0.1) is 0 Å². The first-order valence-electron chi connectivity index (χ1n) is 5.16. The Balaban J connectivity index is 2.30. The number of benzene rings is 1. The van der Waals surface area contributed by atoms with Crippen LogP contribution in [0.2, 0.25) is 5.02 Å². The average molecular weight is 287 g/mol. The van der Waals surface area contributed by atoms with Gasteiger partial charge in [0.15, 0.2) is 11.3 Å². The summed E-state index contributed by atoms with van der Waals surface area (Å²) in [6, 6.07) is 6.00. The molecule has 96 valence electrons. The van der Waals surface area contributed by atoms with E-state index in [0.717, 1.165) is 0 Å². The lowest BCUT2D eigenvalue weighted by Crippen LogP contribution is -2.26. The number of ether oxygens (including phenoxy) is 1. The largest absolute Gasteiger partial charge is 0.484 e. The minimum Gasteiger partial charge on any atom is -0.484 e. The minimum atomic E-state index is -3.54. The van der Waals surface area contributed by atoms with Gasteiger partial charge in [0.05, 0.1) is 18.4 Å². The normalized spacial score (nSPS) is 19.4. The van der Waals surface area contributed by atoms with Crippen molar-refractivity contribution in [3.8, 4) is 0 Å². The predicted octanol–water partition coefficient (Wildman–Crippen LogP) is 1.92. The van der Waals surface area contributed by atoms with Crippen molar-refractivity contribution in [1.82, 2.24) is 0 Å². The second-order valence-corrected chi connectivity index (χ2v) is 6.19. The van der Waals surface area contributed by atoms with Gasteiger partial charge in [-0.1, -0.05) is 11.6 Å². The highest BCUT2D eigenvalue weighted by Gasteiger charge is 2.30. The molecule has 0 amide bonds. The Labute approximate surface area is 110 Å². The van der Waals surface area contributed by atoms with E-state index in [2.05, 4.69) is 9.98 Å². The van der Waals surface area contributed by atoms with Crippen molar-refractivity contribution >= 4 is 33.7 Å². The van der Waals surface area contributed by atoms with Gasteiger partial charge in [0.25, 0.3) is 0 Å². The highest BCUT2D eigenvalue weighted by atomic mass is 35.5. The molecule has 0 aromatic heterocycles. The molecule has 2 rings (SSSR count). The molecule has 0 bridgehead atoms. The fourth-order valence-corrected chi connectivity index (χ4v) is 3.07. The summed E-state index contributed by atoms with van der Waals surface area (Å²) in [5, 5.41) is -0.411. The van der Waals surface area contributed by atoms with Gasteiger partial charge >= 0.3 is 0 Å². The summed E-state index contributed by atoms with van der Waals surface area (Å²) < 4.78 is 29.5. The zero-order valence-electron chi connectivity index (χ0n) is 9.58. The molecule has 0 saturated heterocycles. The Kier molecular flexibility index (Phi) is 3.68. The zero-order chi connectivity index (χ0) is 13.2. The van der Waals surface area contributed by atoms with E-state index in [1.54, 1.807) is 0 Å². The van der Waals surface area contributed by atoms with Crippen LogP contribution in [0.15, 0.2) is 39.1 Å². The van der Waals surface area contributed by atoms with Crippen LogP contribution in [0.1, 0.15) is 6.42 Å². The van der Waals surface area contributed by atoms with Crippen molar-refractivity contribution in [3.63, 3.8) is 0 Å². The highest BCUT2D eigenvalue weighted by Crippen LogP contribution is 2.22. The standard InChI is InChI=1S/C11H11ClN2O3S/c1-17-10-6-11(14-7-13-10)18(15,16)9-4-2-8(12)3-5-9/h2-5,7,11H,6H2,1H3. The van der Waals surface area contributed by atoms with Crippen molar-refractivity contribution < 1.29 is 13.2 Å². The topological polar surface area (TPSA) is 68.1 Å². The number of sulfone groups is 1. The summed E-state index contributed by atoms with van der Waals surface area (Å²) in [5.41, 5.74) is 0. The Morgan fingerprint density at radius 1 is 1.33 bits per heavy atom. The Morgan fingerprint density at radius 3 is 2.61 bits per heavy atom. The van der Waals surface area contributed by atoms with Crippen molar-refractivity contribution in [3.05, 3.63) is 29.3 Å². The highest BCUT2D eigenvalue weighted by molar-refractivity contribution is 7.92. The molecule has 1 unspecified atom stereocenters. The molecular formula is C11H11ClN2O3S. The third kappa shape index (κ3) is 2.54. The first-order valence-corrected chi connectivity index (χ1v) is 7.08. The van der Waals surface area contributed by atoms with E-state index in [0.29, 0.717) is 10.9 Å². The fourth-order valence-electron chi connectivity index (χ4n) is 1.53. The number of hydrogen-bond donors (Lipinski definition) is 0. The smallest absolute Gasteiger partial charge is 0.201 e. The number of nitrogens with zero attached hydrogens (tertiary/aromatic N) is 2. The van der Waals surface area contributed by atoms with Gasteiger partial charge in [-0.05, 0) is 24.3 Å². The van der Waals surface area contributed by atoms with E-state index >= 15 is 0 Å². The van der Waals surface area contributed by atoms with Crippen LogP contribution in [0.25, 0.3) is 0 Å². The van der Waals surface area contributed by atoms with E-state index in [9.17, 15) is 8.42 Å². The monoisotopic (exact) mass is 286 g/mol. The summed E-state index contributed by atoms with van der Waals surface area (Å²) in [4.78, 5) is 7.91. The lowest BCUT2D eigenvalue weighted by atomic mass is 10.4. The summed E-state index contributed by atoms with van der Waals surface area (Å²) in [7, 11) is -2.09. The van der Waals surface area contributed by atoms with Gasteiger partial charge in [0.2, 0.25) is 9.84 Å². The van der Waals surface area contributed by atoms with Crippen LogP contribution < -0.4 is 0 Å². The van der Waals surface area contributed by atoms with Gasteiger partial charge in [0.1, 0.15) is 6.34 Å². The SMILES string of the molecule is COC1=NC=NC(S(=O)(=O)c2ccc(Cl)cc2)C1. The third-order valence-electron chi connectivity index (χ3n) is 2.52. The van der Waals surface area contributed by atoms with E-state index in [1.165, 1.54) is 37.7 Å². The van der Waals surface area contributed by atoms with E-state index < -0.39 is 15.2 Å². The molecule has 18 heavy (non-hydrogen) atoms. The first-order chi connectivity index (χ1) is 8.54. The van der Waals surface area contributed by atoms with Crippen LogP contribution in [0, 0.1) is 0 Å². The molecule has 0 N–H and O–H groups in total. The van der Waals surface area contributed by atoms with Crippen LogP contribution in [-0.4, -0.2) is 33.1 Å². The molecule has 1 aliphatic heterocycles. The molecule has 0 saturated carbocycles. The zero-order valence-corrected chi connectivity index (χ0v) is 11.1. The number of halogens is 1. The third-order valence-corrected chi connectivity index (χ3v) is 4.71. The maximum Gasteiger partial charge on any atom is 0.201 e. The maximum atomic E-state index is 12.3. The molecule has 1 heterocycles. The summed E-state index contributed by atoms with van der Waals surface area (Å²) in [6.45, 7) is 0. The summed E-state index contributed by atoms with van der Waals surface area (Å²) >= 11 is 5.73. The van der Waals surface area contributed by atoms with Crippen LogP contribution in [-0.2, 0) is 14.6 Å². The summed E-state index contributed by atoms with van der Waals surface area (Å²) in [5.74, 6) is 0.354. The van der Waals surface area contributed by atoms with Crippen molar-refractivity contribution in [2.24, 2.45) is 9.98 Å². The number of methoxy groups -OCH3 is 1. The Morgan fingerprint density at radius 2 is 2.00 bits per heavy atom. The van der Waals surface area contributed by atoms with Crippen molar-refractivity contribution in [2.75, 3.05) is 7.11 Å². The van der Waals surface area contributed by atoms with E-state index in [1.807, 2.05) is 0 Å². The minimum absolute atomic E-state index is 0.137. The Hall–Kier alpha value is -1.40. The molecule has 0 radical (unpaired) electrons. The average Bonchev–Trinajstić information content (AvgIpc) is 2.39. The molecule has 1 aromatic carbocycles.